The molecule has 100 valence electrons. The third-order valence-corrected chi connectivity index (χ3v) is 4.16. The van der Waals surface area contributed by atoms with Crippen LogP contribution in [-0.2, 0) is 4.79 Å². The number of halogens is 1. The Morgan fingerprint density at radius 2 is 2.05 bits per heavy atom. The van der Waals surface area contributed by atoms with E-state index in [2.05, 4.69) is 5.32 Å². The van der Waals surface area contributed by atoms with E-state index >= 15 is 0 Å². The average molecular weight is 295 g/mol. The maximum atomic E-state index is 12.1. The van der Waals surface area contributed by atoms with Gasteiger partial charge in [0.15, 0.2) is 0 Å². The molecule has 1 aromatic carbocycles. The van der Waals surface area contributed by atoms with Crippen LogP contribution in [0, 0.1) is 0 Å². The van der Waals surface area contributed by atoms with Crippen molar-refractivity contribution in [1.82, 2.24) is 5.32 Å². The van der Waals surface area contributed by atoms with Crippen molar-refractivity contribution in [3.05, 3.63) is 57.2 Å². The number of rotatable bonds is 4. The molecule has 0 aliphatic carbocycles. The smallest absolute Gasteiger partial charge is 0.242 e. The lowest BCUT2D eigenvalue weighted by atomic mass is 10.1. The highest BCUT2D eigenvalue weighted by molar-refractivity contribution is 7.10. The summed E-state index contributed by atoms with van der Waals surface area (Å²) in [5.41, 5.74) is 6.80. The van der Waals surface area contributed by atoms with E-state index in [9.17, 15) is 4.79 Å². The van der Waals surface area contributed by atoms with Gasteiger partial charge in [0, 0.05) is 9.90 Å². The Kier molecular flexibility index (Phi) is 4.58. The molecule has 1 heterocycles. The fourth-order valence-corrected chi connectivity index (χ4v) is 2.83. The summed E-state index contributed by atoms with van der Waals surface area (Å²) in [5.74, 6) is -0.199. The summed E-state index contributed by atoms with van der Waals surface area (Å²) in [4.78, 5) is 12.9. The first-order valence-electron chi connectivity index (χ1n) is 5.93. The molecule has 19 heavy (non-hydrogen) atoms. The summed E-state index contributed by atoms with van der Waals surface area (Å²) in [6.45, 7) is 1.89. The largest absolute Gasteiger partial charge is 0.348 e. The van der Waals surface area contributed by atoms with Gasteiger partial charge in [-0.2, -0.15) is 0 Å². The Hall–Kier alpha value is -1.36. The van der Waals surface area contributed by atoms with Gasteiger partial charge in [-0.25, -0.2) is 0 Å². The minimum Gasteiger partial charge on any atom is -0.348 e. The van der Waals surface area contributed by atoms with Crippen LogP contribution >= 0.6 is 22.9 Å². The van der Waals surface area contributed by atoms with Crippen LogP contribution in [0.15, 0.2) is 41.8 Å². The van der Waals surface area contributed by atoms with E-state index in [1.54, 1.807) is 6.07 Å². The Morgan fingerprint density at radius 3 is 2.68 bits per heavy atom. The monoisotopic (exact) mass is 294 g/mol. The van der Waals surface area contributed by atoms with Gasteiger partial charge in [-0.3, -0.25) is 4.79 Å². The number of carbonyl (C=O) groups excluding carboxylic acids is 1. The fourth-order valence-electron chi connectivity index (χ4n) is 1.80. The first kappa shape index (κ1) is 14.1. The zero-order chi connectivity index (χ0) is 13.8. The summed E-state index contributed by atoms with van der Waals surface area (Å²) >= 11 is 7.57. The normalized spacial score (nSPS) is 13.8. The highest BCUT2D eigenvalue weighted by atomic mass is 35.5. The lowest BCUT2D eigenvalue weighted by Gasteiger charge is -2.18. The van der Waals surface area contributed by atoms with E-state index in [1.807, 2.05) is 42.6 Å². The molecule has 0 spiro atoms. The second-order valence-electron chi connectivity index (χ2n) is 4.24. The van der Waals surface area contributed by atoms with E-state index in [0.29, 0.717) is 5.02 Å². The van der Waals surface area contributed by atoms with Crippen molar-refractivity contribution in [2.24, 2.45) is 5.73 Å². The molecule has 5 heteroatoms. The molecule has 2 rings (SSSR count). The van der Waals surface area contributed by atoms with Crippen LogP contribution in [0.3, 0.4) is 0 Å². The lowest BCUT2D eigenvalue weighted by molar-refractivity contribution is -0.123. The molecule has 1 amide bonds. The number of nitrogens with one attached hydrogen (secondary N) is 1. The maximum absolute atomic E-state index is 12.1. The molecule has 2 atom stereocenters. The van der Waals surface area contributed by atoms with E-state index < -0.39 is 6.04 Å². The van der Waals surface area contributed by atoms with Gasteiger partial charge < -0.3 is 11.1 Å². The van der Waals surface area contributed by atoms with Crippen molar-refractivity contribution in [1.29, 1.82) is 0 Å². The van der Waals surface area contributed by atoms with Crippen molar-refractivity contribution in [2.75, 3.05) is 0 Å². The predicted octanol–water partition coefficient (Wildman–Crippen LogP) is 3.28. The third-order valence-electron chi connectivity index (χ3n) is 2.86. The van der Waals surface area contributed by atoms with Crippen LogP contribution in [0.25, 0.3) is 0 Å². The Labute approximate surface area is 121 Å². The molecule has 0 aliphatic rings. The zero-order valence-corrected chi connectivity index (χ0v) is 12.0. The number of nitrogens with two attached hydrogens (primary N) is 1. The van der Waals surface area contributed by atoms with Gasteiger partial charge >= 0.3 is 0 Å². The minimum atomic E-state index is -0.634. The molecule has 0 saturated carbocycles. The maximum Gasteiger partial charge on any atom is 0.242 e. The SMILES string of the molecule is C[C@H](NC(=O)C(N)c1cccs1)c1ccccc1Cl. The van der Waals surface area contributed by atoms with Gasteiger partial charge in [0.25, 0.3) is 0 Å². The van der Waals surface area contributed by atoms with Crippen molar-refractivity contribution < 1.29 is 4.79 Å². The van der Waals surface area contributed by atoms with Crippen molar-refractivity contribution >= 4 is 28.8 Å². The van der Waals surface area contributed by atoms with Crippen molar-refractivity contribution in [3.63, 3.8) is 0 Å². The second kappa shape index (κ2) is 6.19. The van der Waals surface area contributed by atoms with E-state index in [1.165, 1.54) is 11.3 Å². The van der Waals surface area contributed by atoms with Gasteiger partial charge in [0.2, 0.25) is 5.91 Å². The topological polar surface area (TPSA) is 55.1 Å². The molecule has 3 nitrogen and oxygen atoms in total. The quantitative estimate of drug-likeness (QED) is 0.909. The molecule has 0 saturated heterocycles. The molecular formula is C14H15ClN2OS. The number of carbonyl (C=O) groups is 1. The third kappa shape index (κ3) is 3.35. The Bertz CT molecular complexity index is 556. The summed E-state index contributed by atoms with van der Waals surface area (Å²) in [5, 5.41) is 5.42. The Balaban J connectivity index is 2.05. The zero-order valence-electron chi connectivity index (χ0n) is 10.5. The van der Waals surface area contributed by atoms with E-state index in [0.717, 1.165) is 10.4 Å². The number of hydrogen-bond donors (Lipinski definition) is 2. The predicted molar refractivity (Wildman–Crippen MR) is 79.3 cm³/mol. The molecule has 0 bridgehead atoms. The van der Waals surface area contributed by atoms with Gasteiger partial charge in [-0.15, -0.1) is 11.3 Å². The van der Waals surface area contributed by atoms with Crippen molar-refractivity contribution in [3.8, 4) is 0 Å². The lowest BCUT2D eigenvalue weighted by Crippen LogP contribution is -2.35. The molecule has 3 N–H and O–H groups in total. The number of amides is 1. The number of hydrogen-bond acceptors (Lipinski definition) is 3. The van der Waals surface area contributed by atoms with Crippen LogP contribution < -0.4 is 11.1 Å². The average Bonchev–Trinajstić information content (AvgIpc) is 2.92. The Morgan fingerprint density at radius 1 is 1.32 bits per heavy atom. The van der Waals surface area contributed by atoms with Gasteiger partial charge in [0.1, 0.15) is 6.04 Å². The fraction of sp³-hybridized carbons (Fsp3) is 0.214. The molecule has 1 aromatic heterocycles. The molecule has 0 fully saturated rings. The van der Waals surface area contributed by atoms with Gasteiger partial charge in [0.05, 0.1) is 6.04 Å². The number of thiophene rings is 1. The summed E-state index contributed by atoms with van der Waals surface area (Å²) in [6, 6.07) is 10.4. The number of benzene rings is 1. The van der Waals surface area contributed by atoms with E-state index in [-0.39, 0.29) is 11.9 Å². The summed E-state index contributed by atoms with van der Waals surface area (Å²) < 4.78 is 0. The molecular weight excluding hydrogens is 280 g/mol. The van der Waals surface area contributed by atoms with Gasteiger partial charge in [-0.1, -0.05) is 35.9 Å². The summed E-state index contributed by atoms with van der Waals surface area (Å²) in [7, 11) is 0. The summed E-state index contributed by atoms with van der Waals surface area (Å²) in [6.07, 6.45) is 0. The van der Waals surface area contributed by atoms with Crippen LogP contribution in [0.5, 0.6) is 0 Å². The van der Waals surface area contributed by atoms with Crippen LogP contribution in [0.2, 0.25) is 5.02 Å². The van der Waals surface area contributed by atoms with E-state index in [4.69, 9.17) is 17.3 Å². The highest BCUT2D eigenvalue weighted by Gasteiger charge is 2.19. The first-order chi connectivity index (χ1) is 9.09. The highest BCUT2D eigenvalue weighted by Crippen LogP contribution is 2.23. The van der Waals surface area contributed by atoms with Crippen molar-refractivity contribution in [2.45, 2.75) is 19.0 Å². The van der Waals surface area contributed by atoms with Crippen LogP contribution in [0.4, 0.5) is 0 Å². The van der Waals surface area contributed by atoms with Crippen LogP contribution in [0.1, 0.15) is 29.4 Å². The molecule has 1 unspecified atom stereocenters. The first-order valence-corrected chi connectivity index (χ1v) is 7.19. The molecule has 0 radical (unpaired) electrons. The standard InChI is InChI=1S/C14H15ClN2OS/c1-9(10-5-2-3-6-11(10)15)17-14(18)13(16)12-7-4-8-19-12/h2-9,13H,16H2,1H3,(H,17,18)/t9-,13?/m0/s1. The minimum absolute atomic E-state index is 0.174. The molecule has 2 aromatic rings. The second-order valence-corrected chi connectivity index (χ2v) is 5.63. The molecule has 0 aliphatic heterocycles. The van der Waals surface area contributed by atoms with Gasteiger partial charge in [-0.05, 0) is 30.0 Å². The van der Waals surface area contributed by atoms with Crippen LogP contribution in [-0.4, -0.2) is 5.91 Å².